The molecule has 1 unspecified atom stereocenters. The van der Waals surface area contributed by atoms with Crippen LogP contribution in [-0.4, -0.2) is 67.9 Å². The van der Waals surface area contributed by atoms with Crippen LogP contribution in [0.4, 0.5) is 0 Å². The lowest BCUT2D eigenvalue weighted by molar-refractivity contribution is -0.0713. The molecule has 5 atom stereocenters. The van der Waals surface area contributed by atoms with E-state index < -0.39 is 53.6 Å². The number of aryl methyl sites for hydroxylation is 1. The standard InChI is InChI=1S/C13H20N2O7S/c1-7-5-15(13(19)14-11(7)18)12-10(21-3-4-23(2)20)9(17)8(6-16)22-12/h5,8-10,12,16-17H,3-4,6H2,1-2H3,(H,14,18,19)/t8-,9-,10-,12-,23?/m1/s1. The Labute approximate surface area is 135 Å². The van der Waals surface area contributed by atoms with E-state index in [-0.39, 0.29) is 12.4 Å². The maximum atomic E-state index is 12.0. The molecule has 0 spiro atoms. The van der Waals surface area contributed by atoms with Crippen LogP contribution in [-0.2, 0) is 20.6 Å². The molecule has 130 valence electrons. The Balaban J connectivity index is 2.28. The second kappa shape index (κ2) is 7.60. The van der Waals surface area contributed by atoms with Crippen molar-refractivity contribution in [3.8, 4) is 0 Å². The average molecular weight is 348 g/mol. The summed E-state index contributed by atoms with van der Waals surface area (Å²) in [5, 5.41) is 19.5. The van der Waals surface area contributed by atoms with Gasteiger partial charge in [-0.2, -0.15) is 0 Å². The lowest BCUT2D eigenvalue weighted by Gasteiger charge is -2.22. The Morgan fingerprint density at radius 2 is 2.22 bits per heavy atom. The summed E-state index contributed by atoms with van der Waals surface area (Å²) in [7, 11) is 0. The van der Waals surface area contributed by atoms with Gasteiger partial charge >= 0.3 is 5.69 Å². The van der Waals surface area contributed by atoms with Crippen LogP contribution in [0.1, 0.15) is 11.8 Å². The number of aliphatic hydroxyl groups excluding tert-OH is 2. The van der Waals surface area contributed by atoms with Crippen LogP contribution in [0.25, 0.3) is 0 Å². The number of nitrogens with one attached hydrogen (secondary N) is 1. The fourth-order valence-corrected chi connectivity index (χ4v) is 2.68. The van der Waals surface area contributed by atoms with Gasteiger partial charge in [0.15, 0.2) is 6.23 Å². The van der Waals surface area contributed by atoms with E-state index in [2.05, 4.69) is 4.98 Å². The first-order valence-corrected chi connectivity index (χ1v) is 8.76. The maximum Gasteiger partial charge on any atom is 0.330 e. The Morgan fingerprint density at radius 1 is 1.52 bits per heavy atom. The number of hydrogen-bond acceptors (Lipinski definition) is 7. The lowest BCUT2D eigenvalue weighted by atomic mass is 10.1. The molecule has 0 amide bonds. The van der Waals surface area contributed by atoms with Crippen LogP contribution in [0, 0.1) is 6.92 Å². The summed E-state index contributed by atoms with van der Waals surface area (Å²) < 4.78 is 23.2. The molecule has 2 rings (SSSR count). The molecule has 0 bridgehead atoms. The second-order valence-corrected chi connectivity index (χ2v) is 6.88. The normalized spacial score (nSPS) is 28.9. The van der Waals surface area contributed by atoms with Crippen LogP contribution in [0.3, 0.4) is 0 Å². The number of H-pyrrole nitrogens is 1. The number of hydrogen-bond donors (Lipinski definition) is 3. The zero-order valence-electron chi connectivity index (χ0n) is 12.8. The third kappa shape index (κ3) is 4.03. The molecule has 1 fully saturated rings. The lowest BCUT2D eigenvalue weighted by Crippen LogP contribution is -2.40. The summed E-state index contributed by atoms with van der Waals surface area (Å²) in [6.07, 6.45) is -1.18. The molecule has 1 aliphatic heterocycles. The zero-order valence-corrected chi connectivity index (χ0v) is 13.6. The predicted octanol–water partition coefficient (Wildman–Crippen LogP) is -2.14. The highest BCUT2D eigenvalue weighted by molar-refractivity contribution is 7.90. The van der Waals surface area contributed by atoms with Gasteiger partial charge in [-0.05, 0) is 6.92 Å². The van der Waals surface area contributed by atoms with Gasteiger partial charge in [0.1, 0.15) is 24.1 Å². The molecule has 23 heavy (non-hydrogen) atoms. The van der Waals surface area contributed by atoms with E-state index in [4.69, 9.17) is 9.47 Å². The minimum absolute atomic E-state index is 0.0972. The number of aliphatic hydroxyl groups is 2. The van der Waals surface area contributed by atoms with E-state index in [1.165, 1.54) is 19.4 Å². The fourth-order valence-electron chi connectivity index (χ4n) is 2.35. The van der Waals surface area contributed by atoms with Gasteiger partial charge in [-0.15, -0.1) is 0 Å². The summed E-state index contributed by atoms with van der Waals surface area (Å²) in [4.78, 5) is 25.6. The van der Waals surface area contributed by atoms with E-state index >= 15 is 0 Å². The first-order valence-electron chi connectivity index (χ1n) is 7.03. The quantitative estimate of drug-likeness (QED) is 0.499. The van der Waals surface area contributed by atoms with Crippen LogP contribution in [0.2, 0.25) is 0 Å². The van der Waals surface area contributed by atoms with E-state index in [0.717, 1.165) is 4.57 Å². The first-order chi connectivity index (χ1) is 10.8. The summed E-state index contributed by atoms with van der Waals surface area (Å²) in [5.41, 5.74) is -0.921. The van der Waals surface area contributed by atoms with Crippen LogP contribution in [0.5, 0.6) is 0 Å². The molecule has 3 N–H and O–H groups in total. The molecule has 1 aromatic rings. The molecule has 0 saturated carbocycles. The zero-order chi connectivity index (χ0) is 17.1. The highest BCUT2D eigenvalue weighted by Crippen LogP contribution is 2.30. The molecule has 1 aromatic heterocycles. The molecular weight excluding hydrogens is 328 g/mol. The van der Waals surface area contributed by atoms with Gasteiger partial charge in [0, 0.05) is 11.8 Å². The van der Waals surface area contributed by atoms with Crippen molar-refractivity contribution in [3.63, 3.8) is 0 Å². The van der Waals surface area contributed by atoms with Crippen LogP contribution >= 0.6 is 0 Å². The van der Waals surface area contributed by atoms with E-state index in [1.54, 1.807) is 0 Å². The molecule has 0 aliphatic carbocycles. The number of rotatable bonds is 6. The summed E-state index contributed by atoms with van der Waals surface area (Å²) in [6, 6.07) is 0. The van der Waals surface area contributed by atoms with E-state index in [0.29, 0.717) is 5.56 Å². The Kier molecular flexibility index (Phi) is 6.00. The van der Waals surface area contributed by atoms with Crippen molar-refractivity contribution in [2.45, 2.75) is 31.5 Å². The van der Waals surface area contributed by atoms with Gasteiger partial charge in [-0.1, -0.05) is 11.2 Å². The van der Waals surface area contributed by atoms with Crippen molar-refractivity contribution < 1.29 is 24.2 Å². The van der Waals surface area contributed by atoms with Gasteiger partial charge in [0.05, 0.1) is 19.5 Å². The molecule has 1 aliphatic rings. The van der Waals surface area contributed by atoms with Crippen molar-refractivity contribution in [2.75, 3.05) is 25.2 Å². The van der Waals surface area contributed by atoms with Gasteiger partial charge < -0.3 is 24.2 Å². The Bertz CT molecular complexity index is 644. The third-order valence-corrected chi connectivity index (χ3v) is 4.34. The van der Waals surface area contributed by atoms with Crippen molar-refractivity contribution >= 4 is 11.2 Å². The molecule has 1 saturated heterocycles. The van der Waals surface area contributed by atoms with Crippen molar-refractivity contribution in [3.05, 3.63) is 32.6 Å². The van der Waals surface area contributed by atoms with E-state index in [9.17, 15) is 24.4 Å². The number of aromatic amines is 1. The predicted molar refractivity (Wildman–Crippen MR) is 81.7 cm³/mol. The van der Waals surface area contributed by atoms with Gasteiger partial charge in [0.25, 0.3) is 5.56 Å². The van der Waals surface area contributed by atoms with E-state index in [1.807, 2.05) is 0 Å². The number of ether oxygens (including phenoxy) is 2. The molecule has 2 heterocycles. The van der Waals surface area contributed by atoms with Gasteiger partial charge in [0.2, 0.25) is 0 Å². The summed E-state index contributed by atoms with van der Waals surface area (Å²) in [5.74, 6) is 0.263. The number of nitrogens with zero attached hydrogens (tertiary/aromatic N) is 1. The van der Waals surface area contributed by atoms with Crippen LogP contribution < -0.4 is 11.2 Å². The molecule has 0 radical (unpaired) electrons. The molecular formula is C13H20N2O7S. The Morgan fingerprint density at radius 3 is 2.83 bits per heavy atom. The highest BCUT2D eigenvalue weighted by atomic mass is 32.2. The first kappa shape index (κ1) is 18.2. The molecule has 10 heteroatoms. The third-order valence-electron chi connectivity index (χ3n) is 3.59. The number of aromatic nitrogens is 2. The SMILES string of the molecule is Cc1cn([C@@H]2O[C@H](CO)[C@@H](O)[C@H]2OCC[S+](C)[O-])c(=O)[nH]c1=O. The molecule has 0 aromatic carbocycles. The largest absolute Gasteiger partial charge is 0.616 e. The van der Waals surface area contributed by atoms with Crippen LogP contribution in [0.15, 0.2) is 15.8 Å². The summed E-state index contributed by atoms with van der Waals surface area (Å²) in [6.45, 7) is 1.17. The van der Waals surface area contributed by atoms with Crippen molar-refractivity contribution in [1.29, 1.82) is 0 Å². The minimum Gasteiger partial charge on any atom is -0.616 e. The Hall–Kier alpha value is -1.17. The van der Waals surface area contributed by atoms with Gasteiger partial charge in [-0.25, -0.2) is 4.79 Å². The minimum atomic E-state index is -1.16. The van der Waals surface area contributed by atoms with Crippen molar-refractivity contribution in [2.24, 2.45) is 0 Å². The molecule has 9 nitrogen and oxygen atoms in total. The fraction of sp³-hybridized carbons (Fsp3) is 0.692. The topological polar surface area (TPSA) is 137 Å². The highest BCUT2D eigenvalue weighted by Gasteiger charge is 2.45. The van der Waals surface area contributed by atoms with Crippen molar-refractivity contribution in [1.82, 2.24) is 9.55 Å². The second-order valence-electron chi connectivity index (χ2n) is 5.33. The van der Waals surface area contributed by atoms with Gasteiger partial charge in [-0.3, -0.25) is 14.3 Å². The maximum absolute atomic E-state index is 12.0. The average Bonchev–Trinajstić information content (AvgIpc) is 2.79. The summed E-state index contributed by atoms with van der Waals surface area (Å²) >= 11 is -1.07. The smallest absolute Gasteiger partial charge is 0.330 e. The monoisotopic (exact) mass is 348 g/mol.